The summed E-state index contributed by atoms with van der Waals surface area (Å²) in [7, 11) is 1.42. The quantitative estimate of drug-likeness (QED) is 0.538. The van der Waals surface area contributed by atoms with Gasteiger partial charge < -0.3 is 20.3 Å². The van der Waals surface area contributed by atoms with Crippen LogP contribution in [-0.4, -0.2) is 42.3 Å². The molecule has 0 aliphatic carbocycles. The molecule has 2 amide bonds. The number of ether oxygens (including phenoxy) is 2. The molecule has 0 spiro atoms. The molecule has 1 heterocycles. The number of benzene rings is 2. The van der Waals surface area contributed by atoms with E-state index in [-0.39, 0.29) is 34.6 Å². The maximum atomic E-state index is 13.2. The second-order valence-electron chi connectivity index (χ2n) is 7.11. The Balaban J connectivity index is 1.97. The predicted octanol–water partition coefficient (Wildman–Crippen LogP) is 3.50. The van der Waals surface area contributed by atoms with E-state index in [1.165, 1.54) is 36.4 Å². The van der Waals surface area contributed by atoms with E-state index in [2.05, 4.69) is 5.10 Å². The molecule has 9 nitrogen and oxygen atoms in total. The first-order valence-electron chi connectivity index (χ1n) is 10.0. The van der Waals surface area contributed by atoms with Gasteiger partial charge in [0.05, 0.1) is 34.7 Å². The summed E-state index contributed by atoms with van der Waals surface area (Å²) in [5.74, 6) is -1.63. The first-order chi connectivity index (χ1) is 15.7. The summed E-state index contributed by atoms with van der Waals surface area (Å²) in [6.07, 6.45) is 2.97. The van der Waals surface area contributed by atoms with Gasteiger partial charge in [0.2, 0.25) is 0 Å². The number of amides is 2. The minimum Gasteiger partial charge on any atom is -0.493 e. The van der Waals surface area contributed by atoms with Gasteiger partial charge in [0, 0.05) is 0 Å². The Labute approximate surface area is 195 Å². The molecular weight excluding hydrogens is 450 g/mol. The van der Waals surface area contributed by atoms with E-state index in [0.717, 1.165) is 6.42 Å². The second kappa shape index (κ2) is 10.2. The number of halogens is 1. The van der Waals surface area contributed by atoms with Crippen molar-refractivity contribution in [1.82, 2.24) is 0 Å². The molecule has 3 rings (SSSR count). The molecule has 2 aromatic rings. The van der Waals surface area contributed by atoms with Crippen LogP contribution in [0.2, 0.25) is 5.02 Å². The average Bonchev–Trinajstić information content (AvgIpc) is 3.08. The molecule has 10 heteroatoms. The third-order valence-electron chi connectivity index (χ3n) is 4.72. The van der Waals surface area contributed by atoms with Crippen molar-refractivity contribution in [3.63, 3.8) is 0 Å². The molecule has 0 bridgehead atoms. The smallest absolute Gasteiger partial charge is 0.335 e. The van der Waals surface area contributed by atoms with Crippen molar-refractivity contribution in [2.24, 2.45) is 10.8 Å². The van der Waals surface area contributed by atoms with Crippen molar-refractivity contribution >= 4 is 46.9 Å². The van der Waals surface area contributed by atoms with Crippen molar-refractivity contribution in [2.75, 3.05) is 18.7 Å². The molecule has 1 aliphatic heterocycles. The fourth-order valence-corrected chi connectivity index (χ4v) is 3.49. The van der Waals surface area contributed by atoms with Gasteiger partial charge in [-0.3, -0.25) is 9.59 Å². The maximum absolute atomic E-state index is 13.2. The van der Waals surface area contributed by atoms with Gasteiger partial charge in [-0.25, -0.2) is 4.79 Å². The molecule has 172 valence electrons. The lowest BCUT2D eigenvalue weighted by Gasteiger charge is -2.13. The Morgan fingerprint density at radius 2 is 1.94 bits per heavy atom. The highest BCUT2D eigenvalue weighted by atomic mass is 35.5. The lowest BCUT2D eigenvalue weighted by atomic mass is 10.0. The monoisotopic (exact) mass is 471 g/mol. The fraction of sp³-hybridized carbons (Fsp3) is 0.217. The fourth-order valence-electron chi connectivity index (χ4n) is 3.22. The van der Waals surface area contributed by atoms with Gasteiger partial charge in [-0.2, -0.15) is 10.1 Å². The number of hydrogen-bond donors (Lipinski definition) is 2. The number of nitrogens with two attached hydrogens (primary N) is 1. The zero-order valence-electron chi connectivity index (χ0n) is 18.0. The highest BCUT2D eigenvalue weighted by Crippen LogP contribution is 2.37. The Kier molecular flexibility index (Phi) is 7.34. The van der Waals surface area contributed by atoms with Crippen LogP contribution in [0.25, 0.3) is 6.08 Å². The van der Waals surface area contributed by atoms with Crippen molar-refractivity contribution in [3.8, 4) is 11.5 Å². The van der Waals surface area contributed by atoms with Gasteiger partial charge >= 0.3 is 5.97 Å². The zero-order valence-corrected chi connectivity index (χ0v) is 18.8. The second-order valence-corrected chi connectivity index (χ2v) is 7.52. The number of methoxy groups -OCH3 is 1. The molecule has 0 radical (unpaired) electrons. The highest BCUT2D eigenvalue weighted by Gasteiger charge is 2.31. The van der Waals surface area contributed by atoms with Crippen LogP contribution in [0.1, 0.15) is 35.7 Å². The Morgan fingerprint density at radius 3 is 2.52 bits per heavy atom. The molecule has 0 aromatic heterocycles. The Morgan fingerprint density at radius 1 is 1.24 bits per heavy atom. The largest absolute Gasteiger partial charge is 0.493 e. The van der Waals surface area contributed by atoms with Crippen LogP contribution < -0.4 is 20.2 Å². The lowest BCUT2D eigenvalue weighted by Crippen LogP contribution is -2.21. The van der Waals surface area contributed by atoms with Crippen LogP contribution in [0.15, 0.2) is 47.1 Å². The number of primary amides is 1. The molecular formula is C23H22ClN3O6. The van der Waals surface area contributed by atoms with Crippen molar-refractivity contribution < 1.29 is 29.0 Å². The number of nitrogens with zero attached hydrogens (tertiary/aromatic N) is 2. The zero-order chi connectivity index (χ0) is 24.1. The third-order valence-corrected chi connectivity index (χ3v) is 5.00. The topological polar surface area (TPSA) is 132 Å². The average molecular weight is 472 g/mol. The molecule has 33 heavy (non-hydrogen) atoms. The molecule has 0 unspecified atom stereocenters. The SMILES string of the molecule is CCCC1=NN(c2ccc(C(=O)O)cc2)C(=O)/C1=C/c1cc(Cl)c(OCC(N)=O)c(OC)c1. The molecule has 0 fully saturated rings. The maximum Gasteiger partial charge on any atom is 0.335 e. The molecule has 0 saturated carbocycles. The van der Waals surface area contributed by atoms with Crippen LogP contribution in [0.5, 0.6) is 11.5 Å². The van der Waals surface area contributed by atoms with Gasteiger partial charge in [-0.05, 0) is 54.5 Å². The summed E-state index contributed by atoms with van der Waals surface area (Å²) < 4.78 is 10.7. The number of carboxylic acid groups (broad SMARTS) is 1. The van der Waals surface area contributed by atoms with E-state index in [4.69, 9.17) is 31.9 Å². The van der Waals surface area contributed by atoms with Crippen LogP contribution in [0, 0.1) is 0 Å². The molecule has 1 aliphatic rings. The normalized spacial score (nSPS) is 14.4. The highest BCUT2D eigenvalue weighted by molar-refractivity contribution is 6.34. The summed E-state index contributed by atoms with van der Waals surface area (Å²) >= 11 is 6.32. The summed E-state index contributed by atoms with van der Waals surface area (Å²) in [5, 5.41) is 15.0. The van der Waals surface area contributed by atoms with Crippen molar-refractivity contribution in [1.29, 1.82) is 0 Å². The molecule has 0 saturated heterocycles. The van der Waals surface area contributed by atoms with E-state index in [9.17, 15) is 14.4 Å². The van der Waals surface area contributed by atoms with Crippen LogP contribution in [0.4, 0.5) is 5.69 Å². The predicted molar refractivity (Wildman–Crippen MR) is 124 cm³/mol. The van der Waals surface area contributed by atoms with Crippen LogP contribution in [0.3, 0.4) is 0 Å². The number of carbonyl (C=O) groups excluding carboxylic acids is 2. The van der Waals surface area contributed by atoms with Crippen molar-refractivity contribution in [2.45, 2.75) is 19.8 Å². The van der Waals surface area contributed by atoms with Gasteiger partial charge in [0.1, 0.15) is 0 Å². The van der Waals surface area contributed by atoms with E-state index < -0.39 is 11.9 Å². The number of anilines is 1. The van der Waals surface area contributed by atoms with Gasteiger partial charge in [0.15, 0.2) is 18.1 Å². The van der Waals surface area contributed by atoms with Gasteiger partial charge in [-0.1, -0.05) is 24.9 Å². The van der Waals surface area contributed by atoms with Crippen molar-refractivity contribution in [3.05, 3.63) is 58.1 Å². The summed E-state index contributed by atoms with van der Waals surface area (Å²) in [6.45, 7) is 1.61. The Hall–Kier alpha value is -3.85. The van der Waals surface area contributed by atoms with E-state index >= 15 is 0 Å². The first kappa shape index (κ1) is 23.8. The number of aromatic carboxylic acids is 1. The summed E-state index contributed by atoms with van der Waals surface area (Å²) in [4.78, 5) is 35.3. The van der Waals surface area contributed by atoms with Crippen LogP contribution >= 0.6 is 11.6 Å². The minimum absolute atomic E-state index is 0.110. The molecule has 2 aromatic carbocycles. The minimum atomic E-state index is -1.06. The summed E-state index contributed by atoms with van der Waals surface area (Å²) in [6, 6.07) is 9.09. The van der Waals surface area contributed by atoms with Crippen LogP contribution in [-0.2, 0) is 9.59 Å². The number of hydrogen-bond acceptors (Lipinski definition) is 6. The number of rotatable bonds is 9. The summed E-state index contributed by atoms with van der Waals surface area (Å²) in [5.41, 5.74) is 7.22. The van der Waals surface area contributed by atoms with E-state index in [1.54, 1.807) is 18.2 Å². The van der Waals surface area contributed by atoms with E-state index in [1.807, 2.05) is 6.92 Å². The molecule has 0 atom stereocenters. The standard InChI is InChI=1S/C23H22ClN3O6/c1-3-4-18-16(22(29)27(26-18)15-7-5-14(6-8-15)23(30)31)9-13-10-17(24)21(19(11-13)32-2)33-12-20(25)28/h5-11H,3-4,12H2,1-2H3,(H2,25,28)(H,30,31)/b16-9+. The lowest BCUT2D eigenvalue weighted by molar-refractivity contribution is -0.120. The molecule has 3 N–H and O–H groups in total. The van der Waals surface area contributed by atoms with E-state index in [0.29, 0.717) is 29.0 Å². The third kappa shape index (κ3) is 5.32. The van der Waals surface area contributed by atoms with Gasteiger partial charge in [-0.15, -0.1) is 0 Å². The number of hydrazone groups is 1. The number of carboxylic acids is 1. The number of carbonyl (C=O) groups is 3. The first-order valence-corrected chi connectivity index (χ1v) is 10.4. The Bertz CT molecular complexity index is 1160. The van der Waals surface area contributed by atoms with Gasteiger partial charge in [0.25, 0.3) is 11.8 Å².